The van der Waals surface area contributed by atoms with Gasteiger partial charge >= 0.3 is 6.18 Å². The normalized spacial score (nSPS) is 17.6. The number of piperazine rings is 1. The van der Waals surface area contributed by atoms with Crippen LogP contribution < -0.4 is 4.74 Å². The number of methoxy groups -OCH3 is 1. The fourth-order valence-corrected chi connectivity index (χ4v) is 2.56. The molecule has 1 fully saturated rings. The third-order valence-electron chi connectivity index (χ3n) is 4.05. The van der Waals surface area contributed by atoms with Crippen LogP contribution in [0.1, 0.15) is 5.56 Å². The SMILES string of the molecule is COc1ccc(CC(=O)N2CCN(C[C@H](O)C(F)(F)F)CC2)cc1. The molecule has 8 heteroatoms. The number of alkyl halides is 3. The van der Waals surface area contributed by atoms with Gasteiger partial charge in [0, 0.05) is 32.7 Å². The Morgan fingerprint density at radius 1 is 1.21 bits per heavy atom. The lowest BCUT2D eigenvalue weighted by molar-refractivity contribution is -0.209. The van der Waals surface area contributed by atoms with Gasteiger partial charge in [-0.15, -0.1) is 0 Å². The lowest BCUT2D eigenvalue weighted by Gasteiger charge is -2.35. The average molecular weight is 346 g/mol. The number of hydrogen-bond acceptors (Lipinski definition) is 4. The predicted molar refractivity (Wildman–Crippen MR) is 81.8 cm³/mol. The standard InChI is InChI=1S/C16H21F3N2O3/c1-24-13-4-2-12(3-5-13)10-15(23)21-8-6-20(7-9-21)11-14(22)16(17,18)19/h2-5,14,22H,6-11H2,1H3/t14-/m0/s1. The van der Waals surface area contributed by atoms with Crippen LogP contribution >= 0.6 is 0 Å². The first-order valence-corrected chi connectivity index (χ1v) is 7.67. The molecule has 5 nitrogen and oxygen atoms in total. The van der Waals surface area contributed by atoms with Crippen LogP contribution in [0, 0.1) is 0 Å². The quantitative estimate of drug-likeness (QED) is 0.873. The highest BCUT2D eigenvalue weighted by Crippen LogP contribution is 2.21. The molecule has 0 spiro atoms. The van der Waals surface area contributed by atoms with E-state index >= 15 is 0 Å². The molecule has 1 aromatic carbocycles. The van der Waals surface area contributed by atoms with Gasteiger partial charge in [0.1, 0.15) is 5.75 Å². The second-order valence-electron chi connectivity index (χ2n) is 5.76. The molecular weight excluding hydrogens is 325 g/mol. The molecule has 0 aromatic heterocycles. The van der Waals surface area contributed by atoms with Crippen molar-refractivity contribution in [2.75, 3.05) is 39.8 Å². The third kappa shape index (κ3) is 5.10. The molecule has 24 heavy (non-hydrogen) atoms. The number of aliphatic hydroxyl groups is 1. The van der Waals surface area contributed by atoms with Crippen LogP contribution in [0.4, 0.5) is 13.2 Å². The molecular formula is C16H21F3N2O3. The number of carbonyl (C=O) groups excluding carboxylic acids is 1. The van der Waals surface area contributed by atoms with Gasteiger partial charge in [0.15, 0.2) is 6.10 Å². The van der Waals surface area contributed by atoms with E-state index in [-0.39, 0.29) is 12.3 Å². The number of aliphatic hydroxyl groups excluding tert-OH is 1. The maximum Gasteiger partial charge on any atom is 0.415 e. The third-order valence-corrected chi connectivity index (χ3v) is 4.05. The molecule has 1 aliphatic rings. The molecule has 2 rings (SSSR count). The summed E-state index contributed by atoms with van der Waals surface area (Å²) in [4.78, 5) is 15.4. The molecule has 0 aliphatic carbocycles. The average Bonchev–Trinajstić information content (AvgIpc) is 2.55. The van der Waals surface area contributed by atoms with Crippen LogP contribution in [0.15, 0.2) is 24.3 Å². The van der Waals surface area contributed by atoms with E-state index in [2.05, 4.69) is 0 Å². The van der Waals surface area contributed by atoms with Gasteiger partial charge in [0.2, 0.25) is 5.91 Å². The molecule has 0 saturated carbocycles. The second-order valence-corrected chi connectivity index (χ2v) is 5.76. The molecule has 1 N–H and O–H groups in total. The van der Waals surface area contributed by atoms with Crippen molar-refractivity contribution < 1.29 is 27.8 Å². The summed E-state index contributed by atoms with van der Waals surface area (Å²) in [5.41, 5.74) is 0.857. The van der Waals surface area contributed by atoms with Crippen molar-refractivity contribution >= 4 is 5.91 Å². The number of amides is 1. The summed E-state index contributed by atoms with van der Waals surface area (Å²) in [5.74, 6) is 0.652. The van der Waals surface area contributed by atoms with Crippen molar-refractivity contribution in [3.63, 3.8) is 0 Å². The minimum atomic E-state index is -4.61. The van der Waals surface area contributed by atoms with Crippen molar-refractivity contribution in [1.29, 1.82) is 0 Å². The van der Waals surface area contributed by atoms with E-state index in [0.717, 1.165) is 5.56 Å². The van der Waals surface area contributed by atoms with Gasteiger partial charge in [-0.05, 0) is 17.7 Å². The topological polar surface area (TPSA) is 53.0 Å². The first-order valence-electron chi connectivity index (χ1n) is 7.67. The number of nitrogens with zero attached hydrogens (tertiary/aromatic N) is 2. The summed E-state index contributed by atoms with van der Waals surface area (Å²) >= 11 is 0. The van der Waals surface area contributed by atoms with Gasteiger partial charge in [-0.2, -0.15) is 13.2 Å². The summed E-state index contributed by atoms with van der Waals surface area (Å²) in [6, 6.07) is 7.18. The van der Waals surface area contributed by atoms with E-state index in [1.807, 2.05) is 12.1 Å². The Morgan fingerprint density at radius 2 is 1.79 bits per heavy atom. The van der Waals surface area contributed by atoms with E-state index in [4.69, 9.17) is 9.84 Å². The lowest BCUT2D eigenvalue weighted by Crippen LogP contribution is -2.52. The highest BCUT2D eigenvalue weighted by atomic mass is 19.4. The van der Waals surface area contributed by atoms with E-state index in [9.17, 15) is 18.0 Å². The smallest absolute Gasteiger partial charge is 0.415 e. The Kier molecular flexibility index (Phi) is 6.06. The molecule has 1 heterocycles. The van der Waals surface area contributed by atoms with Crippen molar-refractivity contribution in [1.82, 2.24) is 9.80 Å². The zero-order valence-corrected chi connectivity index (χ0v) is 13.4. The molecule has 1 aromatic rings. The molecule has 1 aliphatic heterocycles. The summed E-state index contributed by atoms with van der Waals surface area (Å²) in [5, 5.41) is 9.09. The van der Waals surface area contributed by atoms with Gasteiger partial charge in [-0.1, -0.05) is 12.1 Å². The summed E-state index contributed by atoms with van der Waals surface area (Å²) in [6.07, 6.45) is -6.71. The molecule has 134 valence electrons. The molecule has 1 saturated heterocycles. The molecule has 0 radical (unpaired) electrons. The Morgan fingerprint density at radius 3 is 2.29 bits per heavy atom. The van der Waals surface area contributed by atoms with Crippen molar-refractivity contribution in [3.8, 4) is 5.75 Å². The highest BCUT2D eigenvalue weighted by Gasteiger charge is 2.39. The molecule has 0 unspecified atom stereocenters. The van der Waals surface area contributed by atoms with E-state index in [1.54, 1.807) is 24.1 Å². The van der Waals surface area contributed by atoms with Crippen LogP contribution in [0.3, 0.4) is 0 Å². The Balaban J connectivity index is 1.79. The predicted octanol–water partition coefficient (Wildman–Crippen LogP) is 1.31. The summed E-state index contributed by atoms with van der Waals surface area (Å²) in [7, 11) is 1.56. The monoisotopic (exact) mass is 346 g/mol. The van der Waals surface area contributed by atoms with E-state index in [0.29, 0.717) is 31.9 Å². The van der Waals surface area contributed by atoms with Gasteiger partial charge in [0.25, 0.3) is 0 Å². The largest absolute Gasteiger partial charge is 0.497 e. The summed E-state index contributed by atoms with van der Waals surface area (Å²) < 4.78 is 42.1. The van der Waals surface area contributed by atoms with Gasteiger partial charge in [-0.25, -0.2) is 0 Å². The van der Waals surface area contributed by atoms with Crippen LogP contribution in [0.25, 0.3) is 0 Å². The Hall–Kier alpha value is -1.80. The van der Waals surface area contributed by atoms with Crippen LogP contribution in [-0.2, 0) is 11.2 Å². The zero-order chi connectivity index (χ0) is 17.7. The summed E-state index contributed by atoms with van der Waals surface area (Å²) in [6.45, 7) is 0.909. The van der Waals surface area contributed by atoms with Gasteiger partial charge in [-0.3, -0.25) is 9.69 Å². The molecule has 1 amide bonds. The molecule has 1 atom stereocenters. The molecule has 0 bridgehead atoms. The maximum absolute atomic E-state index is 12.4. The number of hydrogen-bond donors (Lipinski definition) is 1. The Labute approximate surface area is 138 Å². The van der Waals surface area contributed by atoms with Crippen molar-refractivity contribution in [2.24, 2.45) is 0 Å². The van der Waals surface area contributed by atoms with Gasteiger partial charge in [0.05, 0.1) is 13.5 Å². The van der Waals surface area contributed by atoms with Gasteiger partial charge < -0.3 is 14.7 Å². The fraction of sp³-hybridized carbons (Fsp3) is 0.562. The first kappa shape index (κ1) is 18.5. The van der Waals surface area contributed by atoms with Crippen molar-refractivity contribution in [3.05, 3.63) is 29.8 Å². The van der Waals surface area contributed by atoms with Crippen LogP contribution in [0.5, 0.6) is 5.75 Å². The number of rotatable bonds is 5. The minimum absolute atomic E-state index is 0.0591. The van der Waals surface area contributed by atoms with E-state index < -0.39 is 18.8 Å². The zero-order valence-electron chi connectivity index (χ0n) is 13.4. The first-order chi connectivity index (χ1) is 11.3. The number of benzene rings is 1. The fourth-order valence-electron chi connectivity index (χ4n) is 2.56. The van der Waals surface area contributed by atoms with Crippen LogP contribution in [-0.4, -0.2) is 72.9 Å². The highest BCUT2D eigenvalue weighted by molar-refractivity contribution is 5.78. The Bertz CT molecular complexity index is 540. The number of β-amino-alcohol motifs (C(OH)–C–C–N with tert-alkyl or cyclic N) is 1. The van der Waals surface area contributed by atoms with E-state index in [1.165, 1.54) is 4.90 Å². The number of halogens is 3. The van der Waals surface area contributed by atoms with Crippen molar-refractivity contribution in [2.45, 2.75) is 18.7 Å². The maximum atomic E-state index is 12.4. The van der Waals surface area contributed by atoms with Crippen LogP contribution in [0.2, 0.25) is 0 Å². The number of ether oxygens (including phenoxy) is 1. The number of carbonyl (C=O) groups is 1. The lowest BCUT2D eigenvalue weighted by atomic mass is 10.1. The minimum Gasteiger partial charge on any atom is -0.497 e. The second kappa shape index (κ2) is 7.85.